The van der Waals surface area contributed by atoms with Crippen molar-refractivity contribution in [2.75, 3.05) is 18.1 Å². The molecule has 0 saturated carbocycles. The summed E-state index contributed by atoms with van der Waals surface area (Å²) in [4.78, 5) is 11.5. The second-order valence-corrected chi connectivity index (χ2v) is 6.07. The Labute approximate surface area is 88.0 Å². The molecular weight excluding hydrogens is 218 g/mol. The van der Waals surface area contributed by atoms with E-state index in [-0.39, 0.29) is 36.4 Å². The van der Waals surface area contributed by atoms with Crippen LogP contribution in [0, 0.1) is 0 Å². The number of hydrogen-bond donors (Lipinski definition) is 1. The maximum atomic E-state index is 11.5. The maximum absolute atomic E-state index is 11.5. The summed E-state index contributed by atoms with van der Waals surface area (Å²) in [7, 11) is -2.97. The van der Waals surface area contributed by atoms with Crippen molar-refractivity contribution in [2.24, 2.45) is 10.8 Å². The quantitative estimate of drug-likeness (QED) is 0.640. The third-order valence-corrected chi connectivity index (χ3v) is 4.40. The molecule has 2 heterocycles. The van der Waals surface area contributed by atoms with Gasteiger partial charge in [-0.1, -0.05) is 0 Å². The third kappa shape index (κ3) is 2.03. The van der Waals surface area contributed by atoms with Gasteiger partial charge >= 0.3 is 0 Å². The summed E-state index contributed by atoms with van der Waals surface area (Å²) in [5.74, 6) is 0.0345. The maximum Gasteiger partial charge on any atom is 0.248 e. The highest BCUT2D eigenvalue weighted by Crippen LogP contribution is 2.21. The molecule has 0 aromatic carbocycles. The minimum Gasteiger partial charge on any atom is -0.325 e. The van der Waals surface area contributed by atoms with E-state index in [1.54, 1.807) is 0 Å². The number of hydrazone groups is 1. The van der Waals surface area contributed by atoms with E-state index in [9.17, 15) is 13.2 Å². The minimum atomic E-state index is -2.97. The third-order valence-electron chi connectivity index (χ3n) is 2.65. The predicted octanol–water partition coefficient (Wildman–Crippen LogP) is -1.28. The van der Waals surface area contributed by atoms with E-state index in [1.807, 2.05) is 0 Å². The van der Waals surface area contributed by atoms with Crippen molar-refractivity contribution in [3.63, 3.8) is 0 Å². The van der Waals surface area contributed by atoms with Crippen molar-refractivity contribution in [3.05, 3.63) is 0 Å². The smallest absolute Gasteiger partial charge is 0.248 e. The van der Waals surface area contributed by atoms with E-state index in [1.165, 1.54) is 5.01 Å². The molecule has 0 aromatic heterocycles. The zero-order valence-electron chi connectivity index (χ0n) is 8.22. The number of carbonyl (C=O) groups is 1. The van der Waals surface area contributed by atoms with E-state index in [4.69, 9.17) is 5.73 Å². The van der Waals surface area contributed by atoms with Gasteiger partial charge in [0.2, 0.25) is 5.91 Å². The van der Waals surface area contributed by atoms with Crippen LogP contribution in [0.4, 0.5) is 0 Å². The number of sulfone groups is 1. The molecule has 2 N–H and O–H groups in total. The van der Waals surface area contributed by atoms with Crippen LogP contribution < -0.4 is 5.73 Å². The molecule has 6 nitrogen and oxygen atoms in total. The summed E-state index contributed by atoms with van der Waals surface area (Å²) < 4.78 is 22.5. The Kier molecular flexibility index (Phi) is 2.51. The lowest BCUT2D eigenvalue weighted by Gasteiger charge is -2.17. The van der Waals surface area contributed by atoms with Crippen molar-refractivity contribution in [1.82, 2.24) is 5.01 Å². The molecule has 1 amide bonds. The average Bonchev–Trinajstić information content (AvgIpc) is 2.69. The molecule has 7 heteroatoms. The fourth-order valence-electron chi connectivity index (χ4n) is 1.87. The van der Waals surface area contributed by atoms with Crippen LogP contribution in [0.15, 0.2) is 5.10 Å². The van der Waals surface area contributed by atoms with Crippen molar-refractivity contribution >= 4 is 21.5 Å². The molecule has 2 aliphatic heterocycles. The van der Waals surface area contributed by atoms with Crippen molar-refractivity contribution in [1.29, 1.82) is 0 Å². The predicted molar refractivity (Wildman–Crippen MR) is 55.0 cm³/mol. The highest BCUT2D eigenvalue weighted by molar-refractivity contribution is 7.91. The van der Waals surface area contributed by atoms with Crippen molar-refractivity contribution < 1.29 is 13.2 Å². The van der Waals surface area contributed by atoms with E-state index in [2.05, 4.69) is 5.10 Å². The molecule has 1 saturated heterocycles. The van der Waals surface area contributed by atoms with E-state index in [0.29, 0.717) is 12.1 Å². The second kappa shape index (κ2) is 3.57. The van der Waals surface area contributed by atoms with Crippen molar-refractivity contribution in [2.45, 2.75) is 18.9 Å². The van der Waals surface area contributed by atoms with Gasteiger partial charge in [0.05, 0.1) is 29.7 Å². The Morgan fingerprint density at radius 1 is 1.53 bits per heavy atom. The van der Waals surface area contributed by atoms with Gasteiger partial charge in [0.25, 0.3) is 0 Å². The van der Waals surface area contributed by atoms with Crippen LogP contribution in [0.2, 0.25) is 0 Å². The standard InChI is InChI=1S/C8H13N3O3S/c9-4-6-3-8(12)11(10-6)7-1-2-15(13,14)5-7/h7H,1-5,9H2. The Bertz CT molecular complexity index is 415. The van der Waals surface area contributed by atoms with Gasteiger partial charge in [-0.3, -0.25) is 4.79 Å². The first-order chi connectivity index (χ1) is 7.02. The number of hydrogen-bond acceptors (Lipinski definition) is 5. The molecule has 0 radical (unpaired) electrons. The molecule has 15 heavy (non-hydrogen) atoms. The van der Waals surface area contributed by atoms with Gasteiger partial charge in [-0.2, -0.15) is 5.10 Å². The number of nitrogens with two attached hydrogens (primary N) is 1. The highest BCUT2D eigenvalue weighted by Gasteiger charge is 2.37. The lowest BCUT2D eigenvalue weighted by molar-refractivity contribution is -0.130. The topological polar surface area (TPSA) is 92.8 Å². The van der Waals surface area contributed by atoms with Crippen molar-refractivity contribution in [3.8, 4) is 0 Å². The minimum absolute atomic E-state index is 0.0279. The van der Waals surface area contributed by atoms with Crippen LogP contribution in [0.1, 0.15) is 12.8 Å². The summed E-state index contributed by atoms with van der Waals surface area (Å²) in [6.07, 6.45) is 0.711. The highest BCUT2D eigenvalue weighted by atomic mass is 32.2. The van der Waals surface area contributed by atoms with Crippen LogP contribution in [0.3, 0.4) is 0 Å². The first-order valence-corrected chi connectivity index (χ1v) is 6.63. The molecule has 2 aliphatic rings. The monoisotopic (exact) mass is 231 g/mol. The van der Waals surface area contributed by atoms with Gasteiger partial charge in [-0.15, -0.1) is 0 Å². The van der Waals surface area contributed by atoms with Crippen LogP contribution in [0.25, 0.3) is 0 Å². The van der Waals surface area contributed by atoms with Gasteiger partial charge in [-0.05, 0) is 6.42 Å². The van der Waals surface area contributed by atoms with Crippen LogP contribution >= 0.6 is 0 Å². The summed E-state index contributed by atoms with van der Waals surface area (Å²) in [6.45, 7) is 0.252. The first-order valence-electron chi connectivity index (χ1n) is 4.81. The number of amides is 1. The van der Waals surface area contributed by atoms with Crippen LogP contribution in [0.5, 0.6) is 0 Å². The van der Waals surface area contributed by atoms with E-state index < -0.39 is 9.84 Å². The van der Waals surface area contributed by atoms with Gasteiger partial charge in [0, 0.05) is 6.54 Å². The van der Waals surface area contributed by atoms with Gasteiger partial charge in [-0.25, -0.2) is 13.4 Å². The molecule has 1 fully saturated rings. The largest absolute Gasteiger partial charge is 0.325 e. The summed E-state index contributed by atoms with van der Waals surface area (Å²) in [6, 6.07) is -0.286. The van der Waals surface area contributed by atoms with E-state index in [0.717, 1.165) is 0 Å². The average molecular weight is 231 g/mol. The van der Waals surface area contributed by atoms with E-state index >= 15 is 0 Å². The lowest BCUT2D eigenvalue weighted by atomic mass is 10.2. The molecule has 2 rings (SSSR count). The molecule has 1 unspecified atom stereocenters. The molecule has 84 valence electrons. The van der Waals surface area contributed by atoms with Gasteiger partial charge in [0.1, 0.15) is 0 Å². The van der Waals surface area contributed by atoms with Gasteiger partial charge in [0.15, 0.2) is 9.84 Å². The van der Waals surface area contributed by atoms with Gasteiger partial charge < -0.3 is 5.73 Å². The first kappa shape index (κ1) is 10.6. The Balaban J connectivity index is 2.13. The Morgan fingerprint density at radius 3 is 2.73 bits per heavy atom. The molecule has 0 aromatic rings. The number of carbonyl (C=O) groups excluding carboxylic acids is 1. The molecule has 0 bridgehead atoms. The SMILES string of the molecule is NCC1=NN(C2CCS(=O)(=O)C2)C(=O)C1. The summed E-state index contributed by atoms with van der Waals surface area (Å²) in [5, 5.41) is 5.34. The molecule has 1 atom stereocenters. The fraction of sp³-hybridized carbons (Fsp3) is 0.750. The molecule has 0 spiro atoms. The molecular formula is C8H13N3O3S. The second-order valence-electron chi connectivity index (χ2n) is 3.84. The zero-order chi connectivity index (χ0) is 11.1. The van der Waals surface area contributed by atoms with Crippen LogP contribution in [-0.4, -0.2) is 49.1 Å². The van der Waals surface area contributed by atoms with Crippen LogP contribution in [-0.2, 0) is 14.6 Å². The fourth-order valence-corrected chi connectivity index (χ4v) is 3.56. The summed E-state index contributed by atoms with van der Waals surface area (Å²) >= 11 is 0. The normalized spacial score (nSPS) is 29.7. The Hall–Kier alpha value is -0.950. The summed E-state index contributed by atoms with van der Waals surface area (Å²) in [5.41, 5.74) is 6.01. The number of nitrogens with zero attached hydrogens (tertiary/aromatic N) is 2. The molecule has 0 aliphatic carbocycles. The number of rotatable bonds is 2. The zero-order valence-corrected chi connectivity index (χ0v) is 9.03. The Morgan fingerprint density at radius 2 is 2.27 bits per heavy atom. The lowest BCUT2D eigenvalue weighted by Crippen LogP contribution is -2.33.